The Balaban J connectivity index is 1.79. The lowest BCUT2D eigenvalue weighted by molar-refractivity contribution is -0.109. The van der Waals surface area contributed by atoms with E-state index < -0.39 is 0 Å². The molecule has 3 heteroatoms. The van der Waals surface area contributed by atoms with Crippen molar-refractivity contribution in [3.8, 4) is 17.2 Å². The third kappa shape index (κ3) is 3.11. The molecular weight excluding hydrogens is 300 g/mol. The molecule has 122 valence electrons. The summed E-state index contributed by atoms with van der Waals surface area (Å²) in [5.41, 5.74) is 4.51. The van der Waals surface area contributed by atoms with Crippen LogP contribution in [0.2, 0.25) is 0 Å². The van der Waals surface area contributed by atoms with Crippen LogP contribution in [0, 0.1) is 5.92 Å². The van der Waals surface area contributed by atoms with Gasteiger partial charge in [-0.15, -0.1) is 0 Å². The van der Waals surface area contributed by atoms with Gasteiger partial charge in [0.25, 0.3) is 0 Å². The van der Waals surface area contributed by atoms with Gasteiger partial charge in [-0.1, -0.05) is 23.8 Å². The summed E-state index contributed by atoms with van der Waals surface area (Å²) in [6.07, 6.45) is 3.01. The van der Waals surface area contributed by atoms with E-state index in [2.05, 4.69) is 0 Å². The lowest BCUT2D eigenvalue weighted by atomic mass is 9.97. The van der Waals surface area contributed by atoms with Crippen LogP contribution in [0.25, 0.3) is 5.57 Å². The van der Waals surface area contributed by atoms with Gasteiger partial charge in [-0.05, 0) is 67.0 Å². The minimum Gasteiger partial charge on any atom is -0.497 e. The number of carbonyl (C=O) groups excluding carboxylic acids is 1. The summed E-state index contributed by atoms with van der Waals surface area (Å²) < 4.78 is 11.0. The average Bonchev–Trinajstić information content (AvgIpc) is 2.90. The first kappa shape index (κ1) is 16.1. The predicted molar refractivity (Wildman–Crippen MR) is 95.4 cm³/mol. The van der Waals surface area contributed by atoms with Gasteiger partial charge in [-0.25, -0.2) is 0 Å². The molecule has 2 aromatic rings. The summed E-state index contributed by atoms with van der Waals surface area (Å²) >= 11 is 0. The normalized spacial score (nSPS) is 16.8. The second-order valence-corrected chi connectivity index (χ2v) is 5.87. The van der Waals surface area contributed by atoms with Gasteiger partial charge < -0.3 is 14.3 Å². The number of allylic oxidation sites excluding steroid dienone is 4. The summed E-state index contributed by atoms with van der Waals surface area (Å²) in [6.45, 7) is 4.06. The Hall–Kier alpha value is -2.81. The number of benzene rings is 2. The van der Waals surface area contributed by atoms with Crippen molar-refractivity contribution in [3.05, 3.63) is 71.3 Å². The molecule has 0 N–H and O–H groups in total. The fraction of sp³-hybridized carbons (Fsp3) is 0.190. The Bertz CT molecular complexity index is 796. The van der Waals surface area contributed by atoms with Gasteiger partial charge in [0.1, 0.15) is 23.5 Å². The second-order valence-electron chi connectivity index (χ2n) is 5.87. The van der Waals surface area contributed by atoms with E-state index in [4.69, 9.17) is 9.47 Å². The summed E-state index contributed by atoms with van der Waals surface area (Å²) in [7, 11) is 1.64. The van der Waals surface area contributed by atoms with E-state index in [1.54, 1.807) is 7.11 Å². The monoisotopic (exact) mass is 320 g/mol. The van der Waals surface area contributed by atoms with Crippen LogP contribution in [0.3, 0.4) is 0 Å². The van der Waals surface area contributed by atoms with Crippen LogP contribution in [0.5, 0.6) is 17.2 Å². The molecule has 0 saturated heterocycles. The molecule has 0 aliphatic heterocycles. The van der Waals surface area contributed by atoms with Crippen molar-refractivity contribution in [2.75, 3.05) is 7.11 Å². The first-order valence-corrected chi connectivity index (χ1v) is 7.89. The summed E-state index contributed by atoms with van der Waals surface area (Å²) in [4.78, 5) is 11.1. The highest BCUT2D eigenvalue weighted by Crippen LogP contribution is 2.37. The maximum absolute atomic E-state index is 11.1. The number of methoxy groups -OCH3 is 1. The lowest BCUT2D eigenvalue weighted by Gasteiger charge is -2.10. The highest BCUT2D eigenvalue weighted by atomic mass is 16.5. The molecule has 0 fully saturated rings. The molecule has 24 heavy (non-hydrogen) atoms. The van der Waals surface area contributed by atoms with E-state index in [0.29, 0.717) is 0 Å². The van der Waals surface area contributed by atoms with Crippen LogP contribution in [-0.2, 0) is 4.79 Å². The molecule has 0 heterocycles. The van der Waals surface area contributed by atoms with E-state index >= 15 is 0 Å². The SMILES string of the molecule is COc1ccc(Oc2ccc(C3=C(C)C(C=O)C=C3C)cc2)cc1. The highest BCUT2D eigenvalue weighted by molar-refractivity contribution is 5.88. The lowest BCUT2D eigenvalue weighted by Crippen LogP contribution is -1.96. The number of ether oxygens (including phenoxy) is 2. The van der Waals surface area contributed by atoms with Crippen molar-refractivity contribution in [1.29, 1.82) is 0 Å². The third-order valence-corrected chi connectivity index (χ3v) is 4.30. The minimum absolute atomic E-state index is 0.102. The van der Waals surface area contributed by atoms with Crippen molar-refractivity contribution in [2.24, 2.45) is 5.92 Å². The first-order valence-electron chi connectivity index (χ1n) is 7.89. The van der Waals surface area contributed by atoms with Crippen LogP contribution in [0.4, 0.5) is 0 Å². The molecule has 2 aromatic carbocycles. The van der Waals surface area contributed by atoms with Gasteiger partial charge in [0.05, 0.1) is 13.0 Å². The van der Waals surface area contributed by atoms with Gasteiger partial charge in [0.2, 0.25) is 0 Å². The molecule has 0 saturated carbocycles. The van der Waals surface area contributed by atoms with Gasteiger partial charge in [-0.3, -0.25) is 0 Å². The highest BCUT2D eigenvalue weighted by Gasteiger charge is 2.21. The Labute approximate surface area is 142 Å². The fourth-order valence-electron chi connectivity index (χ4n) is 3.02. The third-order valence-electron chi connectivity index (χ3n) is 4.30. The van der Waals surface area contributed by atoms with Crippen LogP contribution in [0.1, 0.15) is 19.4 Å². The second kappa shape index (κ2) is 6.75. The van der Waals surface area contributed by atoms with Crippen LogP contribution in [0.15, 0.2) is 65.8 Å². The summed E-state index contributed by atoms with van der Waals surface area (Å²) in [6, 6.07) is 15.4. The summed E-state index contributed by atoms with van der Waals surface area (Å²) in [5, 5.41) is 0. The number of rotatable bonds is 5. The van der Waals surface area contributed by atoms with Crippen LogP contribution < -0.4 is 9.47 Å². The van der Waals surface area contributed by atoms with Crippen molar-refractivity contribution >= 4 is 11.9 Å². The first-order chi connectivity index (χ1) is 11.6. The van der Waals surface area contributed by atoms with E-state index in [-0.39, 0.29) is 5.92 Å². The molecule has 0 radical (unpaired) electrons. The molecule has 3 nitrogen and oxygen atoms in total. The van der Waals surface area contributed by atoms with Crippen LogP contribution >= 0.6 is 0 Å². The fourth-order valence-corrected chi connectivity index (χ4v) is 3.02. The largest absolute Gasteiger partial charge is 0.497 e. The molecule has 0 bridgehead atoms. The Morgan fingerprint density at radius 3 is 1.92 bits per heavy atom. The Morgan fingerprint density at radius 2 is 1.42 bits per heavy atom. The van der Waals surface area contributed by atoms with Crippen molar-refractivity contribution in [1.82, 2.24) is 0 Å². The number of hydrogen-bond acceptors (Lipinski definition) is 3. The van der Waals surface area contributed by atoms with Crippen LogP contribution in [-0.4, -0.2) is 13.4 Å². The van der Waals surface area contributed by atoms with Crippen molar-refractivity contribution in [2.45, 2.75) is 13.8 Å². The Morgan fingerprint density at radius 1 is 0.875 bits per heavy atom. The quantitative estimate of drug-likeness (QED) is 0.724. The van der Waals surface area contributed by atoms with E-state index in [1.807, 2.05) is 68.5 Å². The van der Waals surface area contributed by atoms with Gasteiger partial charge >= 0.3 is 0 Å². The Kier molecular flexibility index (Phi) is 4.52. The van der Waals surface area contributed by atoms with E-state index in [9.17, 15) is 4.79 Å². The van der Waals surface area contributed by atoms with E-state index in [0.717, 1.165) is 45.8 Å². The number of carbonyl (C=O) groups is 1. The van der Waals surface area contributed by atoms with Gasteiger partial charge in [-0.2, -0.15) is 0 Å². The average molecular weight is 320 g/mol. The number of hydrogen-bond donors (Lipinski definition) is 0. The van der Waals surface area contributed by atoms with Crippen molar-refractivity contribution < 1.29 is 14.3 Å². The molecule has 0 spiro atoms. The number of aldehydes is 1. The predicted octanol–water partition coefficient (Wildman–Crippen LogP) is 5.04. The molecule has 1 aliphatic rings. The smallest absolute Gasteiger partial charge is 0.130 e. The zero-order valence-corrected chi connectivity index (χ0v) is 14.1. The van der Waals surface area contributed by atoms with Gasteiger partial charge in [0, 0.05) is 0 Å². The molecular formula is C21H20O3. The molecule has 1 atom stereocenters. The zero-order chi connectivity index (χ0) is 17.1. The topological polar surface area (TPSA) is 35.5 Å². The standard InChI is InChI=1S/C21H20O3/c1-14-12-17(13-22)15(2)21(14)16-4-6-19(7-5-16)24-20-10-8-18(23-3)9-11-20/h4-13,17H,1-3H3. The zero-order valence-electron chi connectivity index (χ0n) is 14.1. The maximum Gasteiger partial charge on any atom is 0.130 e. The molecule has 3 rings (SSSR count). The maximum atomic E-state index is 11.1. The molecule has 1 unspecified atom stereocenters. The molecule has 0 amide bonds. The van der Waals surface area contributed by atoms with Gasteiger partial charge in [0.15, 0.2) is 0 Å². The minimum atomic E-state index is -0.102. The van der Waals surface area contributed by atoms with E-state index in [1.165, 1.54) is 0 Å². The molecule has 0 aromatic heterocycles. The molecule has 1 aliphatic carbocycles. The van der Waals surface area contributed by atoms with Crippen molar-refractivity contribution in [3.63, 3.8) is 0 Å². The summed E-state index contributed by atoms with van der Waals surface area (Å²) in [5.74, 6) is 2.23.